The standard InChI is InChI=1S/C24H33N3O2/c1-2-3-4-5-6-7-8-9-13-20-29-24(28)25-21-16-18-23(19-17-21)27-26-22-14-11-10-12-15-22/h10-12,14-19H,2-9,13,20H2,1H3,(H,25,28). The van der Waals surface area contributed by atoms with Crippen molar-refractivity contribution in [2.45, 2.75) is 64.7 Å². The lowest BCUT2D eigenvalue weighted by atomic mass is 10.1. The largest absolute Gasteiger partial charge is 0.449 e. The van der Waals surface area contributed by atoms with Crippen LogP contribution in [-0.2, 0) is 4.74 Å². The van der Waals surface area contributed by atoms with E-state index in [0.29, 0.717) is 12.3 Å². The van der Waals surface area contributed by atoms with E-state index >= 15 is 0 Å². The molecule has 29 heavy (non-hydrogen) atoms. The summed E-state index contributed by atoms with van der Waals surface area (Å²) in [6.45, 7) is 2.70. The molecule has 0 saturated heterocycles. The lowest BCUT2D eigenvalue weighted by Crippen LogP contribution is -2.14. The fourth-order valence-electron chi connectivity index (χ4n) is 2.95. The Kier molecular flexibility index (Phi) is 11.2. The van der Waals surface area contributed by atoms with Gasteiger partial charge in [-0.2, -0.15) is 10.2 Å². The first-order chi connectivity index (χ1) is 14.3. The van der Waals surface area contributed by atoms with Crippen molar-refractivity contribution in [2.75, 3.05) is 11.9 Å². The Morgan fingerprint density at radius 1 is 0.759 bits per heavy atom. The molecule has 0 aliphatic carbocycles. The highest BCUT2D eigenvalue weighted by atomic mass is 16.5. The molecule has 0 saturated carbocycles. The molecule has 0 heterocycles. The van der Waals surface area contributed by atoms with Crippen molar-refractivity contribution in [2.24, 2.45) is 10.2 Å². The summed E-state index contributed by atoms with van der Waals surface area (Å²) in [4.78, 5) is 11.9. The first kappa shape index (κ1) is 22.6. The van der Waals surface area contributed by atoms with Crippen LogP contribution in [0.5, 0.6) is 0 Å². The van der Waals surface area contributed by atoms with E-state index in [-0.39, 0.29) is 0 Å². The number of nitrogens with one attached hydrogen (secondary N) is 1. The zero-order chi connectivity index (χ0) is 20.6. The Bertz CT molecular complexity index is 715. The Balaban J connectivity index is 1.56. The van der Waals surface area contributed by atoms with Crippen LogP contribution in [-0.4, -0.2) is 12.7 Å². The first-order valence-corrected chi connectivity index (χ1v) is 10.8. The van der Waals surface area contributed by atoms with Crippen molar-refractivity contribution >= 4 is 23.2 Å². The van der Waals surface area contributed by atoms with Crippen molar-refractivity contribution in [3.05, 3.63) is 54.6 Å². The van der Waals surface area contributed by atoms with Crippen molar-refractivity contribution in [3.8, 4) is 0 Å². The monoisotopic (exact) mass is 395 g/mol. The van der Waals surface area contributed by atoms with Crippen molar-refractivity contribution in [1.82, 2.24) is 0 Å². The third-order valence-electron chi connectivity index (χ3n) is 4.63. The van der Waals surface area contributed by atoms with Gasteiger partial charge in [0.05, 0.1) is 18.0 Å². The van der Waals surface area contributed by atoms with Gasteiger partial charge in [0, 0.05) is 5.69 Å². The van der Waals surface area contributed by atoms with Gasteiger partial charge in [-0.15, -0.1) is 0 Å². The highest BCUT2D eigenvalue weighted by Gasteiger charge is 2.03. The summed E-state index contributed by atoms with van der Waals surface area (Å²) in [6.07, 6.45) is 10.8. The minimum atomic E-state index is -0.414. The fraction of sp³-hybridized carbons (Fsp3) is 0.458. The van der Waals surface area contributed by atoms with Crippen LogP contribution >= 0.6 is 0 Å². The average Bonchev–Trinajstić information content (AvgIpc) is 2.75. The van der Waals surface area contributed by atoms with Crippen LogP contribution in [0.15, 0.2) is 64.8 Å². The van der Waals surface area contributed by atoms with Gasteiger partial charge < -0.3 is 4.74 Å². The number of hydrogen-bond acceptors (Lipinski definition) is 4. The van der Waals surface area contributed by atoms with E-state index in [9.17, 15) is 4.79 Å². The molecule has 0 spiro atoms. The molecule has 156 valence electrons. The smallest absolute Gasteiger partial charge is 0.411 e. The summed E-state index contributed by atoms with van der Waals surface area (Å²) < 4.78 is 5.25. The molecule has 0 aliphatic heterocycles. The molecule has 0 aliphatic rings. The molecular weight excluding hydrogens is 362 g/mol. The number of nitrogens with zero attached hydrogens (tertiary/aromatic N) is 2. The number of azo groups is 1. The summed E-state index contributed by atoms with van der Waals surface area (Å²) in [5, 5.41) is 11.1. The van der Waals surface area contributed by atoms with Gasteiger partial charge in [-0.1, -0.05) is 76.5 Å². The third kappa shape index (κ3) is 10.4. The first-order valence-electron chi connectivity index (χ1n) is 10.8. The van der Waals surface area contributed by atoms with Crippen LogP contribution in [0.1, 0.15) is 64.7 Å². The Morgan fingerprint density at radius 3 is 1.93 bits per heavy atom. The maximum absolute atomic E-state index is 11.9. The Labute approximate surface area is 174 Å². The maximum atomic E-state index is 11.9. The zero-order valence-electron chi connectivity index (χ0n) is 17.5. The lowest BCUT2D eigenvalue weighted by Gasteiger charge is -2.07. The Hall–Kier alpha value is -2.69. The van der Waals surface area contributed by atoms with Crippen molar-refractivity contribution < 1.29 is 9.53 Å². The predicted molar refractivity (Wildman–Crippen MR) is 119 cm³/mol. The quantitative estimate of drug-likeness (QED) is 0.274. The number of hydrogen-bond donors (Lipinski definition) is 1. The second-order valence-electron chi connectivity index (χ2n) is 7.17. The normalized spacial score (nSPS) is 10.9. The number of rotatable bonds is 13. The van der Waals surface area contributed by atoms with Gasteiger partial charge in [0.1, 0.15) is 0 Å². The highest BCUT2D eigenvalue weighted by Crippen LogP contribution is 2.20. The molecule has 0 aromatic heterocycles. The molecule has 0 bridgehead atoms. The summed E-state index contributed by atoms with van der Waals surface area (Å²) in [5.74, 6) is 0. The number of carbonyl (C=O) groups is 1. The summed E-state index contributed by atoms with van der Waals surface area (Å²) >= 11 is 0. The van der Waals surface area contributed by atoms with E-state index in [1.54, 1.807) is 12.1 Å². The van der Waals surface area contributed by atoms with E-state index in [0.717, 1.165) is 24.2 Å². The lowest BCUT2D eigenvalue weighted by molar-refractivity contribution is 0.159. The van der Waals surface area contributed by atoms with E-state index in [1.165, 1.54) is 44.9 Å². The highest BCUT2D eigenvalue weighted by molar-refractivity contribution is 5.84. The summed E-state index contributed by atoms with van der Waals surface area (Å²) in [7, 11) is 0. The van der Waals surface area contributed by atoms with E-state index in [1.807, 2.05) is 42.5 Å². The van der Waals surface area contributed by atoms with Gasteiger partial charge in [-0.3, -0.25) is 5.32 Å². The van der Waals surface area contributed by atoms with Crippen LogP contribution in [0.3, 0.4) is 0 Å². The number of ether oxygens (including phenoxy) is 1. The molecule has 1 N–H and O–H groups in total. The Morgan fingerprint density at radius 2 is 1.31 bits per heavy atom. The molecule has 0 unspecified atom stereocenters. The third-order valence-corrected chi connectivity index (χ3v) is 4.63. The molecule has 2 aromatic rings. The zero-order valence-corrected chi connectivity index (χ0v) is 17.5. The van der Waals surface area contributed by atoms with E-state index in [4.69, 9.17) is 4.74 Å². The molecule has 0 atom stereocenters. The predicted octanol–water partition coefficient (Wildman–Crippen LogP) is 8.18. The fourth-order valence-corrected chi connectivity index (χ4v) is 2.95. The van der Waals surface area contributed by atoms with Crippen LogP contribution in [0.4, 0.5) is 21.9 Å². The molecule has 0 fully saturated rings. The number of benzene rings is 2. The minimum absolute atomic E-state index is 0.414. The van der Waals surface area contributed by atoms with Crippen LogP contribution < -0.4 is 5.32 Å². The van der Waals surface area contributed by atoms with Gasteiger partial charge in [0.25, 0.3) is 0 Å². The molecular formula is C24H33N3O2. The van der Waals surface area contributed by atoms with Crippen molar-refractivity contribution in [1.29, 1.82) is 0 Å². The van der Waals surface area contributed by atoms with E-state index < -0.39 is 6.09 Å². The van der Waals surface area contributed by atoms with Gasteiger partial charge in [0.2, 0.25) is 0 Å². The maximum Gasteiger partial charge on any atom is 0.411 e. The van der Waals surface area contributed by atoms with Crippen LogP contribution in [0, 0.1) is 0 Å². The second kappa shape index (κ2) is 14.3. The number of amides is 1. The van der Waals surface area contributed by atoms with Gasteiger partial charge in [-0.25, -0.2) is 4.79 Å². The minimum Gasteiger partial charge on any atom is -0.449 e. The number of unbranched alkanes of at least 4 members (excludes halogenated alkanes) is 8. The molecule has 5 heteroatoms. The van der Waals surface area contributed by atoms with E-state index in [2.05, 4.69) is 22.5 Å². The van der Waals surface area contributed by atoms with Gasteiger partial charge in [0.15, 0.2) is 0 Å². The topological polar surface area (TPSA) is 63.0 Å². The second-order valence-corrected chi connectivity index (χ2v) is 7.17. The SMILES string of the molecule is CCCCCCCCCCCOC(=O)Nc1ccc(N=Nc2ccccc2)cc1. The molecule has 1 amide bonds. The van der Waals surface area contributed by atoms with Crippen molar-refractivity contribution in [3.63, 3.8) is 0 Å². The van der Waals surface area contributed by atoms with Gasteiger partial charge in [-0.05, 0) is 42.8 Å². The average molecular weight is 396 g/mol. The molecule has 5 nitrogen and oxygen atoms in total. The number of carbonyl (C=O) groups excluding carboxylic acids is 1. The summed E-state index contributed by atoms with van der Waals surface area (Å²) in [5.41, 5.74) is 2.21. The summed E-state index contributed by atoms with van der Waals surface area (Å²) in [6, 6.07) is 16.8. The molecule has 2 aromatic carbocycles. The van der Waals surface area contributed by atoms with Crippen LogP contribution in [0.2, 0.25) is 0 Å². The number of anilines is 1. The molecule has 2 rings (SSSR count). The van der Waals surface area contributed by atoms with Crippen LogP contribution in [0.25, 0.3) is 0 Å². The molecule has 0 radical (unpaired) electrons. The van der Waals surface area contributed by atoms with Gasteiger partial charge >= 0.3 is 6.09 Å².